The van der Waals surface area contributed by atoms with Crippen molar-refractivity contribution in [2.75, 3.05) is 0 Å². The van der Waals surface area contributed by atoms with Crippen molar-refractivity contribution in [2.45, 2.75) is 25.9 Å². The van der Waals surface area contributed by atoms with Gasteiger partial charge in [-0.25, -0.2) is 0 Å². The molecule has 0 spiro atoms. The Kier molecular flexibility index (Phi) is 1.91. The van der Waals surface area contributed by atoms with Crippen LogP contribution < -0.4 is 0 Å². The first-order valence-electron chi connectivity index (χ1n) is 5.49. The Balaban J connectivity index is 2.18. The van der Waals surface area contributed by atoms with E-state index in [2.05, 4.69) is 43.4 Å². The third kappa shape index (κ3) is 1.30. The van der Waals surface area contributed by atoms with Crippen molar-refractivity contribution in [3.63, 3.8) is 0 Å². The molecule has 0 fully saturated rings. The minimum atomic E-state index is 0.136. The maximum Gasteiger partial charge on any atom is 0.139 e. The lowest BCUT2D eigenvalue weighted by Crippen LogP contribution is -2.20. The van der Waals surface area contributed by atoms with Gasteiger partial charge in [0.2, 0.25) is 0 Å². The molecule has 15 heavy (non-hydrogen) atoms. The van der Waals surface area contributed by atoms with Crippen LogP contribution in [-0.2, 0) is 4.74 Å². The zero-order valence-corrected chi connectivity index (χ0v) is 8.86. The van der Waals surface area contributed by atoms with Crippen LogP contribution in [0.5, 0.6) is 0 Å². The third-order valence-corrected chi connectivity index (χ3v) is 3.17. The highest BCUT2D eigenvalue weighted by Gasteiger charge is 2.26. The molecular formula is C14H14O. The number of rotatable bonds is 0. The predicted octanol–water partition coefficient (Wildman–Crippen LogP) is 3.43. The summed E-state index contributed by atoms with van der Waals surface area (Å²) in [6.07, 6.45) is 15.3. The van der Waals surface area contributed by atoms with E-state index >= 15 is 0 Å². The van der Waals surface area contributed by atoms with Gasteiger partial charge < -0.3 is 4.74 Å². The molecule has 1 unspecified atom stereocenters. The Morgan fingerprint density at radius 3 is 3.00 bits per heavy atom. The molecule has 1 aliphatic heterocycles. The topological polar surface area (TPSA) is 9.23 Å². The average molecular weight is 198 g/mol. The lowest BCUT2D eigenvalue weighted by Gasteiger charge is -2.30. The Morgan fingerprint density at radius 1 is 1.20 bits per heavy atom. The summed E-state index contributed by atoms with van der Waals surface area (Å²) in [6, 6.07) is 0. The molecule has 1 nitrogen and oxygen atoms in total. The van der Waals surface area contributed by atoms with Gasteiger partial charge in [0.1, 0.15) is 11.9 Å². The number of hydrogen-bond acceptors (Lipinski definition) is 1. The fourth-order valence-corrected chi connectivity index (χ4v) is 2.32. The van der Waals surface area contributed by atoms with Gasteiger partial charge in [0.25, 0.3) is 0 Å². The molecule has 0 aromatic carbocycles. The van der Waals surface area contributed by atoms with Crippen LogP contribution in [0.15, 0.2) is 58.9 Å². The van der Waals surface area contributed by atoms with Crippen LogP contribution in [-0.4, -0.2) is 6.10 Å². The highest BCUT2D eigenvalue weighted by Crippen LogP contribution is 2.37. The van der Waals surface area contributed by atoms with Crippen molar-refractivity contribution >= 4 is 0 Å². The molecule has 3 aliphatic rings. The van der Waals surface area contributed by atoms with Gasteiger partial charge in [-0.2, -0.15) is 0 Å². The largest absolute Gasteiger partial charge is 0.482 e. The van der Waals surface area contributed by atoms with Crippen molar-refractivity contribution in [2.24, 2.45) is 0 Å². The Bertz CT molecular complexity index is 444. The van der Waals surface area contributed by atoms with Crippen LogP contribution in [0, 0.1) is 0 Å². The highest BCUT2D eigenvalue weighted by molar-refractivity contribution is 5.58. The maximum absolute atomic E-state index is 5.96. The highest BCUT2D eigenvalue weighted by atomic mass is 16.5. The maximum atomic E-state index is 5.96. The van der Waals surface area contributed by atoms with Gasteiger partial charge in [0.05, 0.1) is 0 Å². The second-order valence-corrected chi connectivity index (χ2v) is 4.14. The summed E-state index contributed by atoms with van der Waals surface area (Å²) >= 11 is 0. The summed E-state index contributed by atoms with van der Waals surface area (Å²) in [5.74, 6) is 1.07. The second-order valence-electron chi connectivity index (χ2n) is 4.14. The fraction of sp³-hybridized carbons (Fsp3) is 0.286. The molecule has 1 heteroatoms. The van der Waals surface area contributed by atoms with Crippen molar-refractivity contribution in [1.82, 2.24) is 0 Å². The zero-order chi connectivity index (χ0) is 10.3. The van der Waals surface area contributed by atoms with Crippen molar-refractivity contribution in [1.29, 1.82) is 0 Å². The zero-order valence-electron chi connectivity index (χ0n) is 8.86. The number of allylic oxidation sites excluding steroid dienone is 6. The van der Waals surface area contributed by atoms with E-state index < -0.39 is 0 Å². The Hall–Kier alpha value is -1.50. The van der Waals surface area contributed by atoms with Crippen LogP contribution in [0.3, 0.4) is 0 Å². The van der Waals surface area contributed by atoms with E-state index in [0.717, 1.165) is 18.6 Å². The van der Waals surface area contributed by atoms with Gasteiger partial charge in [-0.15, -0.1) is 0 Å². The lowest BCUT2D eigenvalue weighted by atomic mass is 9.90. The van der Waals surface area contributed by atoms with Crippen LogP contribution in [0.1, 0.15) is 19.8 Å². The molecule has 2 aliphatic carbocycles. The van der Waals surface area contributed by atoms with Crippen molar-refractivity contribution in [3.8, 4) is 0 Å². The monoisotopic (exact) mass is 198 g/mol. The van der Waals surface area contributed by atoms with E-state index in [9.17, 15) is 0 Å². The molecule has 0 amide bonds. The summed E-state index contributed by atoms with van der Waals surface area (Å²) in [5, 5.41) is 0. The molecule has 0 radical (unpaired) electrons. The lowest BCUT2D eigenvalue weighted by molar-refractivity contribution is 0.180. The SMILES string of the molecule is CC1=C2C=CC=CC1OC1=CCCC=C12. The Morgan fingerprint density at radius 2 is 2.07 bits per heavy atom. The summed E-state index contributed by atoms with van der Waals surface area (Å²) in [5.41, 5.74) is 3.96. The normalized spacial score (nSPS) is 27.7. The molecule has 0 saturated heterocycles. The molecule has 0 aromatic rings. The number of ether oxygens (including phenoxy) is 1. The van der Waals surface area contributed by atoms with Gasteiger partial charge in [0.15, 0.2) is 0 Å². The third-order valence-electron chi connectivity index (χ3n) is 3.17. The summed E-state index contributed by atoms with van der Waals surface area (Å²) in [4.78, 5) is 0. The second kappa shape index (κ2) is 3.27. The van der Waals surface area contributed by atoms with Gasteiger partial charge in [0, 0.05) is 5.57 Å². The van der Waals surface area contributed by atoms with Crippen LogP contribution in [0.2, 0.25) is 0 Å². The summed E-state index contributed by atoms with van der Waals surface area (Å²) in [7, 11) is 0. The van der Waals surface area contributed by atoms with Crippen molar-refractivity contribution in [3.05, 3.63) is 58.9 Å². The molecule has 0 saturated carbocycles. The molecule has 1 heterocycles. The predicted molar refractivity (Wildman–Crippen MR) is 61.3 cm³/mol. The smallest absolute Gasteiger partial charge is 0.139 e. The van der Waals surface area contributed by atoms with E-state index in [-0.39, 0.29) is 6.10 Å². The summed E-state index contributed by atoms with van der Waals surface area (Å²) in [6.45, 7) is 2.16. The molecule has 0 aromatic heterocycles. The van der Waals surface area contributed by atoms with Gasteiger partial charge in [-0.3, -0.25) is 0 Å². The van der Waals surface area contributed by atoms with Crippen LogP contribution in [0.25, 0.3) is 0 Å². The van der Waals surface area contributed by atoms with Crippen LogP contribution in [0.4, 0.5) is 0 Å². The van der Waals surface area contributed by atoms with Gasteiger partial charge >= 0.3 is 0 Å². The molecule has 1 atom stereocenters. The van der Waals surface area contributed by atoms with E-state index in [0.29, 0.717) is 0 Å². The van der Waals surface area contributed by atoms with Gasteiger partial charge in [-0.05, 0) is 43.1 Å². The molecular weight excluding hydrogens is 184 g/mol. The van der Waals surface area contributed by atoms with E-state index in [4.69, 9.17) is 4.74 Å². The molecule has 3 rings (SSSR count). The standard InChI is InChI=1S/C14H14O/c1-10-11-6-2-4-8-13(10)15-14-9-5-3-7-12(11)14/h2,4,6-9,13H,3,5H2,1H3. The molecule has 0 N–H and O–H groups in total. The van der Waals surface area contributed by atoms with E-state index in [1.807, 2.05) is 0 Å². The van der Waals surface area contributed by atoms with E-state index in [1.165, 1.54) is 16.7 Å². The first-order valence-corrected chi connectivity index (χ1v) is 5.49. The van der Waals surface area contributed by atoms with Gasteiger partial charge in [-0.1, -0.05) is 24.3 Å². The minimum absolute atomic E-state index is 0.136. The molecule has 76 valence electrons. The quantitative estimate of drug-likeness (QED) is 0.579. The van der Waals surface area contributed by atoms with E-state index in [1.54, 1.807) is 0 Å². The Labute approximate surface area is 90.1 Å². The minimum Gasteiger partial charge on any atom is -0.482 e. The van der Waals surface area contributed by atoms with Crippen LogP contribution >= 0.6 is 0 Å². The average Bonchev–Trinajstić information content (AvgIpc) is 2.39. The first-order chi connectivity index (χ1) is 7.36. The van der Waals surface area contributed by atoms with Crippen molar-refractivity contribution < 1.29 is 4.74 Å². The fourth-order valence-electron chi connectivity index (χ4n) is 2.32. The summed E-state index contributed by atoms with van der Waals surface area (Å²) < 4.78 is 5.96. The first kappa shape index (κ1) is 8.78. The molecule has 2 bridgehead atoms. The number of hydrogen-bond donors (Lipinski definition) is 0. The number of fused-ring (bicyclic) bond motifs is 3.